The Bertz CT molecular complexity index is 1110. The van der Waals surface area contributed by atoms with Crippen LogP contribution in [0.4, 0.5) is 0 Å². The van der Waals surface area contributed by atoms with Crippen LogP contribution in [-0.4, -0.2) is 31.3 Å². The van der Waals surface area contributed by atoms with Gasteiger partial charge in [0.2, 0.25) is 0 Å². The number of hydrogen-bond acceptors (Lipinski definition) is 0. The van der Waals surface area contributed by atoms with Gasteiger partial charge in [0.25, 0.3) is 0 Å². The molecule has 190 valence electrons. The van der Waals surface area contributed by atoms with Crippen molar-refractivity contribution in [3.05, 3.63) is 133 Å². The van der Waals surface area contributed by atoms with Crippen molar-refractivity contribution in [2.45, 2.75) is 38.3 Å². The second kappa shape index (κ2) is 16.8. The van der Waals surface area contributed by atoms with Crippen LogP contribution in [0, 0.1) is 11.6 Å². The zero-order valence-electron chi connectivity index (χ0n) is 25.2. The summed E-state index contributed by atoms with van der Waals surface area (Å²) in [7, 11) is 7.09. The molecule has 0 bridgehead atoms. The summed E-state index contributed by atoms with van der Waals surface area (Å²) in [6, 6.07) is 45.3. The molecular formula is C32H38B2K2P2Si2+2. The van der Waals surface area contributed by atoms with Crippen LogP contribution in [0.2, 0.25) is 38.3 Å². The van der Waals surface area contributed by atoms with E-state index in [-0.39, 0.29) is 103 Å². The van der Waals surface area contributed by atoms with Gasteiger partial charge < -0.3 is 0 Å². The van der Waals surface area contributed by atoms with Crippen molar-refractivity contribution in [3.8, 4) is 0 Å². The zero-order chi connectivity index (χ0) is 27.3. The molecule has 8 heteroatoms. The second-order valence-electron chi connectivity index (χ2n) is 11.6. The van der Waals surface area contributed by atoms with Crippen LogP contribution in [0.1, 0.15) is 0 Å². The summed E-state index contributed by atoms with van der Waals surface area (Å²) >= 11 is 0. The van der Waals surface area contributed by atoms with Crippen LogP contribution in [0.15, 0.2) is 121 Å². The first kappa shape index (κ1) is 37.8. The van der Waals surface area contributed by atoms with Crippen LogP contribution >= 0.6 is 14.3 Å². The molecule has 0 aliphatic heterocycles. The van der Waals surface area contributed by atoms with Gasteiger partial charge in [-0.3, -0.25) is 0 Å². The molecule has 0 amide bonds. The van der Waals surface area contributed by atoms with Gasteiger partial charge in [0.1, 0.15) is 0 Å². The van der Waals surface area contributed by atoms with Crippen molar-refractivity contribution >= 4 is 66.8 Å². The van der Waals surface area contributed by atoms with Crippen molar-refractivity contribution < 1.29 is 103 Å². The molecule has 4 aromatic carbocycles. The fourth-order valence-electron chi connectivity index (χ4n) is 5.17. The van der Waals surface area contributed by atoms with Crippen LogP contribution in [-0.2, 0) is 0 Å². The minimum Gasteiger partial charge on any atom is -0.172 e. The van der Waals surface area contributed by atoms with Gasteiger partial charge in [-0.15, -0.1) is 14.3 Å². The number of hydrogen-bond donors (Lipinski definition) is 0. The Balaban J connectivity index is 0.00000280. The molecular weight excluding hydrogens is 602 g/mol. The van der Waals surface area contributed by atoms with Crippen molar-refractivity contribution in [1.82, 2.24) is 0 Å². The van der Waals surface area contributed by atoms with Gasteiger partial charge in [0.05, 0.1) is 21.2 Å². The van der Waals surface area contributed by atoms with E-state index >= 15 is 0 Å². The number of benzene rings is 4. The maximum atomic E-state index is 7.40. The third-order valence-electron chi connectivity index (χ3n) is 7.25. The second-order valence-corrected chi connectivity index (χ2v) is 27.8. The monoisotopic (exact) mass is 640 g/mol. The summed E-state index contributed by atoms with van der Waals surface area (Å²) < 4.78 is 0. The summed E-state index contributed by atoms with van der Waals surface area (Å²) in [5, 5.41) is 5.04. The van der Waals surface area contributed by atoms with Gasteiger partial charge in [-0.2, -0.15) is 11.6 Å². The van der Waals surface area contributed by atoms with Crippen molar-refractivity contribution in [2.24, 2.45) is 0 Å². The van der Waals surface area contributed by atoms with E-state index in [1.165, 1.54) is 33.3 Å². The Morgan fingerprint density at radius 3 is 0.850 bits per heavy atom. The average molecular weight is 641 g/mol. The standard InChI is InChI=1S/C32H38B2P2Si2.2K/c1-37(2,27-35(33,29-17-9-5-10-18-29)30-19-11-6-12-20-30)25-26-38(3,4)28-36(34,31-21-13-7-14-22-31)32-23-15-8-16-24-32;;/h5-24,27-28H,25-26H2,1-4H3;;/q;2*+1. The first-order chi connectivity index (χ1) is 18.0. The predicted molar refractivity (Wildman–Crippen MR) is 183 cm³/mol. The molecule has 0 spiro atoms. The van der Waals surface area contributed by atoms with Gasteiger partial charge in [-0.25, -0.2) is 0 Å². The maximum absolute atomic E-state index is 7.40. The molecule has 4 radical (unpaired) electrons. The topological polar surface area (TPSA) is 0 Å². The third-order valence-corrected chi connectivity index (χ3v) is 24.3. The van der Waals surface area contributed by atoms with E-state index in [0.29, 0.717) is 0 Å². The molecule has 0 heterocycles. The number of rotatable bonds is 11. The first-order valence-corrected chi connectivity index (χ1v) is 23.8. The maximum Gasteiger partial charge on any atom is 1.00 e. The van der Waals surface area contributed by atoms with Crippen LogP contribution in [0.3, 0.4) is 0 Å². The minimum atomic E-state index is -2.09. The summed E-state index contributed by atoms with van der Waals surface area (Å²) in [6.07, 6.45) is 0. The minimum absolute atomic E-state index is 0. The first-order valence-electron chi connectivity index (χ1n) is 13.4. The Morgan fingerprint density at radius 2 is 0.650 bits per heavy atom. The molecule has 0 saturated carbocycles. The molecule has 40 heavy (non-hydrogen) atoms. The van der Waals surface area contributed by atoms with E-state index in [4.69, 9.17) is 15.1 Å². The quantitative estimate of drug-likeness (QED) is 0.132. The SMILES string of the molecule is [B][P+]([CH-][Si](C)(C)CC[Si](C)(C)[CH-][P+]([B])(c1ccccc1)c1ccccc1)(c1ccccc1)c1ccccc1.[K+].[K+]. The van der Waals surface area contributed by atoms with E-state index in [1.54, 1.807) is 0 Å². The average Bonchev–Trinajstić information content (AvgIpc) is 2.93. The molecule has 0 saturated heterocycles. The van der Waals surface area contributed by atoms with Gasteiger partial charge in [0.15, 0.2) is 0 Å². The predicted octanol–water partition coefficient (Wildman–Crippen LogP) is 1.32. The molecule has 0 atom stereocenters. The fourth-order valence-corrected chi connectivity index (χ4v) is 25.8. The summed E-state index contributed by atoms with van der Waals surface area (Å²) in [4.78, 5) is 0. The van der Waals surface area contributed by atoms with Gasteiger partial charge in [0, 0.05) is 0 Å². The molecule has 0 unspecified atom stereocenters. The van der Waals surface area contributed by atoms with E-state index in [2.05, 4.69) is 159 Å². The molecule has 0 aliphatic rings. The van der Waals surface area contributed by atoms with Crippen molar-refractivity contribution in [3.63, 3.8) is 0 Å². The summed E-state index contributed by atoms with van der Waals surface area (Å²) in [5.74, 6) is 5.24. The van der Waals surface area contributed by atoms with E-state index in [1.807, 2.05) is 0 Å². The van der Waals surface area contributed by atoms with E-state index in [0.717, 1.165) is 0 Å². The van der Waals surface area contributed by atoms with Crippen molar-refractivity contribution in [1.29, 1.82) is 0 Å². The van der Waals surface area contributed by atoms with Gasteiger partial charge in [-0.05, 0) is 48.5 Å². The largest absolute Gasteiger partial charge is 1.00 e. The molecule has 0 aromatic heterocycles. The van der Waals surface area contributed by atoms with Gasteiger partial charge >= 0.3 is 118 Å². The summed E-state index contributed by atoms with van der Waals surface area (Å²) in [5.41, 5.74) is 0. The fraction of sp³-hybridized carbons (Fsp3) is 0.188. The molecule has 0 nitrogen and oxygen atoms in total. The Labute approximate surface area is 335 Å². The van der Waals surface area contributed by atoms with Crippen LogP contribution < -0.4 is 124 Å². The smallest absolute Gasteiger partial charge is 0.172 e. The normalized spacial score (nSPS) is 12.2. The Morgan fingerprint density at radius 1 is 0.450 bits per heavy atom. The van der Waals surface area contributed by atoms with Crippen molar-refractivity contribution in [2.75, 3.05) is 0 Å². The van der Waals surface area contributed by atoms with Gasteiger partial charge in [-0.1, -0.05) is 127 Å². The van der Waals surface area contributed by atoms with E-state index in [9.17, 15) is 0 Å². The Kier molecular flexibility index (Phi) is 15.8. The molecule has 0 fully saturated rings. The Hall–Kier alpha value is 1.58. The summed E-state index contributed by atoms with van der Waals surface area (Å²) in [6.45, 7) is 9.96. The molecule has 0 N–H and O–H groups in total. The third kappa shape index (κ3) is 10.0. The van der Waals surface area contributed by atoms with Crippen LogP contribution in [0.5, 0.6) is 0 Å². The molecule has 0 aliphatic carbocycles. The van der Waals surface area contributed by atoms with Crippen LogP contribution in [0.25, 0.3) is 0 Å². The molecule has 4 aromatic rings. The zero-order valence-corrected chi connectivity index (χ0v) is 35.2. The van der Waals surface area contributed by atoms with E-state index < -0.39 is 30.4 Å². The molecule has 4 rings (SSSR count).